The third-order valence-electron chi connectivity index (χ3n) is 4.95. The van der Waals surface area contributed by atoms with E-state index < -0.39 is 24.3 Å². The summed E-state index contributed by atoms with van der Waals surface area (Å²) in [6.45, 7) is 3.52. The van der Waals surface area contributed by atoms with Crippen molar-refractivity contribution in [3.63, 3.8) is 0 Å². The van der Waals surface area contributed by atoms with Crippen molar-refractivity contribution < 1.29 is 55.7 Å². The smallest absolute Gasteiger partial charge is 0.475 e. The van der Waals surface area contributed by atoms with Crippen LogP contribution in [0.1, 0.15) is 22.3 Å². The van der Waals surface area contributed by atoms with Crippen molar-refractivity contribution in [1.29, 1.82) is 0 Å². The fourth-order valence-corrected chi connectivity index (χ4v) is 4.86. The molecule has 4 rings (SSSR count). The first-order valence-electron chi connectivity index (χ1n) is 10.6. The van der Waals surface area contributed by atoms with Gasteiger partial charge in [0.2, 0.25) is 5.88 Å². The Balaban J connectivity index is 0.000000301. The van der Waals surface area contributed by atoms with Gasteiger partial charge in [-0.2, -0.15) is 26.3 Å². The Morgan fingerprint density at radius 1 is 1.05 bits per heavy atom. The number of carboxylic acids is 2. The maximum atomic E-state index is 12.5. The predicted octanol–water partition coefficient (Wildman–Crippen LogP) is 3.83. The highest BCUT2D eigenvalue weighted by molar-refractivity contribution is 8.01. The molecule has 2 aliphatic heterocycles. The van der Waals surface area contributed by atoms with Crippen LogP contribution in [0.5, 0.6) is 5.88 Å². The standard InChI is InChI=1S/C18H19N3O2S.2C2HF3O2/c1-13-6-14(9-19-8-13)17(22)21-11-18(12-21)7-15(10-24-18)23-16-4-2-3-5-20-16;2*3-2(4,5)1(6)7/h2-6,8-9,15H,7,10-12H2,1H3;2*(H,6,7). The molecule has 38 heavy (non-hydrogen) atoms. The van der Waals surface area contributed by atoms with Crippen LogP contribution in [-0.2, 0) is 9.59 Å². The van der Waals surface area contributed by atoms with E-state index in [0.717, 1.165) is 30.8 Å². The number of carbonyl (C=O) groups excluding carboxylic acids is 1. The average Bonchev–Trinajstić information content (AvgIpc) is 3.22. The third kappa shape index (κ3) is 9.08. The van der Waals surface area contributed by atoms with Gasteiger partial charge in [0.25, 0.3) is 5.91 Å². The van der Waals surface area contributed by atoms with E-state index in [0.29, 0.717) is 11.4 Å². The van der Waals surface area contributed by atoms with Crippen LogP contribution in [0.2, 0.25) is 0 Å². The van der Waals surface area contributed by atoms with Crippen LogP contribution in [0.3, 0.4) is 0 Å². The van der Waals surface area contributed by atoms with E-state index in [-0.39, 0.29) is 16.8 Å². The minimum Gasteiger partial charge on any atom is -0.475 e. The Morgan fingerprint density at radius 2 is 1.63 bits per heavy atom. The molecule has 2 aromatic heterocycles. The van der Waals surface area contributed by atoms with Crippen molar-refractivity contribution in [1.82, 2.24) is 14.9 Å². The van der Waals surface area contributed by atoms with E-state index in [2.05, 4.69) is 9.97 Å². The molecular weight excluding hydrogens is 548 g/mol. The molecule has 0 saturated carbocycles. The van der Waals surface area contributed by atoms with Crippen LogP contribution in [0.4, 0.5) is 26.3 Å². The molecule has 1 unspecified atom stereocenters. The number of ether oxygens (including phenoxy) is 1. The summed E-state index contributed by atoms with van der Waals surface area (Å²) in [5, 5.41) is 14.2. The van der Waals surface area contributed by atoms with Crippen LogP contribution >= 0.6 is 11.8 Å². The first-order valence-corrected chi connectivity index (χ1v) is 11.5. The summed E-state index contributed by atoms with van der Waals surface area (Å²) in [5.74, 6) is -3.81. The SMILES string of the molecule is Cc1cncc(C(=O)N2CC3(CC(Oc4ccccn4)CS3)C2)c1.O=C(O)C(F)(F)F.O=C(O)C(F)(F)F. The molecule has 9 nitrogen and oxygen atoms in total. The van der Waals surface area contributed by atoms with Gasteiger partial charge in [-0.15, -0.1) is 11.8 Å². The summed E-state index contributed by atoms with van der Waals surface area (Å²) in [6.07, 6.45) is -3.88. The molecule has 0 aromatic carbocycles. The Bertz CT molecular complexity index is 1100. The molecule has 16 heteroatoms. The Hall–Kier alpha value is -3.56. The highest BCUT2D eigenvalue weighted by atomic mass is 32.2. The van der Waals surface area contributed by atoms with E-state index in [1.54, 1.807) is 18.6 Å². The number of rotatable bonds is 3. The molecule has 208 valence electrons. The second-order valence-corrected chi connectivity index (χ2v) is 9.61. The van der Waals surface area contributed by atoms with E-state index >= 15 is 0 Å². The molecule has 2 saturated heterocycles. The zero-order chi connectivity index (χ0) is 28.7. The summed E-state index contributed by atoms with van der Waals surface area (Å²) < 4.78 is 69.6. The Morgan fingerprint density at radius 3 is 2.11 bits per heavy atom. The number of carboxylic acid groups (broad SMARTS) is 2. The van der Waals surface area contributed by atoms with Crippen molar-refractivity contribution >= 4 is 29.6 Å². The third-order valence-corrected chi connectivity index (χ3v) is 6.53. The first-order chi connectivity index (χ1) is 17.5. The number of aryl methyl sites for hydroxylation is 1. The lowest BCUT2D eigenvalue weighted by Crippen LogP contribution is -2.60. The first kappa shape index (κ1) is 30.7. The number of amides is 1. The van der Waals surface area contributed by atoms with E-state index in [1.807, 2.05) is 47.9 Å². The van der Waals surface area contributed by atoms with Crippen molar-refractivity contribution in [2.75, 3.05) is 18.8 Å². The van der Waals surface area contributed by atoms with Gasteiger partial charge in [0.1, 0.15) is 6.10 Å². The molecule has 0 aliphatic carbocycles. The number of hydrogen-bond acceptors (Lipinski definition) is 7. The van der Waals surface area contributed by atoms with Crippen molar-refractivity contribution in [3.8, 4) is 5.88 Å². The molecule has 1 atom stereocenters. The summed E-state index contributed by atoms with van der Waals surface area (Å²) in [6, 6.07) is 7.60. The fraction of sp³-hybridized carbons (Fsp3) is 0.409. The molecule has 2 aliphatic rings. The number of aliphatic carboxylic acids is 2. The Labute approximate surface area is 215 Å². The van der Waals surface area contributed by atoms with Crippen LogP contribution in [0.25, 0.3) is 0 Å². The number of carbonyl (C=O) groups is 3. The van der Waals surface area contributed by atoms with E-state index in [1.165, 1.54) is 0 Å². The molecule has 2 aromatic rings. The van der Waals surface area contributed by atoms with Gasteiger partial charge in [-0.05, 0) is 24.6 Å². The largest absolute Gasteiger partial charge is 0.490 e. The zero-order valence-electron chi connectivity index (χ0n) is 19.5. The van der Waals surface area contributed by atoms with Crippen molar-refractivity contribution in [3.05, 3.63) is 54.0 Å². The molecule has 0 radical (unpaired) electrons. The maximum Gasteiger partial charge on any atom is 0.490 e. The number of hydrogen-bond donors (Lipinski definition) is 2. The molecule has 1 spiro atoms. The fourth-order valence-electron chi connectivity index (χ4n) is 3.33. The zero-order valence-corrected chi connectivity index (χ0v) is 20.3. The minimum atomic E-state index is -5.08. The van der Waals surface area contributed by atoms with Gasteiger partial charge in [0.05, 0.1) is 10.3 Å². The number of alkyl halides is 6. The second kappa shape index (κ2) is 12.3. The normalized spacial score (nSPS) is 17.8. The lowest BCUT2D eigenvalue weighted by Gasteiger charge is -2.47. The van der Waals surface area contributed by atoms with Gasteiger partial charge in [-0.1, -0.05) is 6.07 Å². The van der Waals surface area contributed by atoms with Crippen LogP contribution < -0.4 is 4.74 Å². The number of aromatic nitrogens is 2. The van der Waals surface area contributed by atoms with Gasteiger partial charge in [-0.3, -0.25) is 9.78 Å². The monoisotopic (exact) mass is 569 g/mol. The van der Waals surface area contributed by atoms with Crippen LogP contribution in [0.15, 0.2) is 42.9 Å². The van der Waals surface area contributed by atoms with Gasteiger partial charge in [0.15, 0.2) is 0 Å². The van der Waals surface area contributed by atoms with Crippen molar-refractivity contribution in [2.45, 2.75) is 36.5 Å². The predicted molar refractivity (Wildman–Crippen MR) is 121 cm³/mol. The van der Waals surface area contributed by atoms with Gasteiger partial charge in [0, 0.05) is 49.9 Å². The number of halogens is 6. The molecule has 1 amide bonds. The lowest BCUT2D eigenvalue weighted by atomic mass is 9.92. The van der Waals surface area contributed by atoms with Gasteiger partial charge in [-0.25, -0.2) is 14.6 Å². The van der Waals surface area contributed by atoms with Crippen LogP contribution in [0, 0.1) is 6.92 Å². The minimum absolute atomic E-state index is 0.0755. The molecular formula is C22H21F6N3O6S. The second-order valence-electron chi connectivity index (χ2n) is 8.12. The maximum absolute atomic E-state index is 12.5. The summed E-state index contributed by atoms with van der Waals surface area (Å²) in [5.41, 5.74) is 1.68. The quantitative estimate of drug-likeness (QED) is 0.530. The van der Waals surface area contributed by atoms with Gasteiger partial charge < -0.3 is 19.8 Å². The summed E-state index contributed by atoms with van der Waals surface area (Å²) >= 11 is 1.92. The van der Waals surface area contributed by atoms with Crippen molar-refractivity contribution in [2.24, 2.45) is 0 Å². The van der Waals surface area contributed by atoms with E-state index in [4.69, 9.17) is 24.5 Å². The number of thioether (sulfide) groups is 1. The molecule has 4 heterocycles. The van der Waals surface area contributed by atoms with Crippen LogP contribution in [-0.4, -0.2) is 85.0 Å². The van der Waals surface area contributed by atoms with Gasteiger partial charge >= 0.3 is 24.3 Å². The highest BCUT2D eigenvalue weighted by Crippen LogP contribution is 2.46. The highest BCUT2D eigenvalue weighted by Gasteiger charge is 2.51. The molecule has 2 fully saturated rings. The number of nitrogens with zero attached hydrogens (tertiary/aromatic N) is 3. The number of pyridine rings is 2. The average molecular weight is 569 g/mol. The molecule has 2 N–H and O–H groups in total. The molecule has 0 bridgehead atoms. The lowest BCUT2D eigenvalue weighted by molar-refractivity contribution is -0.193. The number of likely N-dealkylation sites (tertiary alicyclic amines) is 1. The van der Waals surface area contributed by atoms with E-state index in [9.17, 15) is 31.1 Å². The summed E-state index contributed by atoms with van der Waals surface area (Å²) in [4.78, 5) is 40.6. The topological polar surface area (TPSA) is 130 Å². The summed E-state index contributed by atoms with van der Waals surface area (Å²) in [7, 11) is 0. The Kier molecular flexibility index (Phi) is 9.94.